The lowest BCUT2D eigenvalue weighted by Gasteiger charge is -2.15. The monoisotopic (exact) mass is 196 g/mol. The van der Waals surface area contributed by atoms with Crippen LogP contribution in [0.4, 0.5) is 0 Å². The highest BCUT2D eigenvalue weighted by Crippen LogP contribution is 2.19. The zero-order valence-electron chi connectivity index (χ0n) is 9.32. The van der Waals surface area contributed by atoms with Gasteiger partial charge in [-0.3, -0.25) is 0 Å². The smallest absolute Gasteiger partial charge is 0.239 e. The Balaban J connectivity index is 2.09. The summed E-state index contributed by atoms with van der Waals surface area (Å²) < 4.78 is 10.5. The molecule has 0 saturated heterocycles. The third-order valence-corrected chi connectivity index (χ3v) is 2.32. The standard InChI is InChI=1S/C12H20O2/c1-10(2)5-4-6-11(3)9-12-13-7-8-14-12/h5,7-8,11-12H,4,6,9H2,1-3H3/t11-/m0/s1. The van der Waals surface area contributed by atoms with E-state index in [0.717, 1.165) is 12.8 Å². The van der Waals surface area contributed by atoms with Crippen LogP contribution in [0.1, 0.15) is 40.0 Å². The molecule has 0 saturated carbocycles. The van der Waals surface area contributed by atoms with Gasteiger partial charge in [-0.2, -0.15) is 0 Å². The Hall–Kier alpha value is -0.920. The molecule has 80 valence electrons. The SMILES string of the molecule is CC(C)=CCC[C@H](C)CC1OC=CO1. The van der Waals surface area contributed by atoms with Crippen LogP contribution in [-0.2, 0) is 9.47 Å². The Morgan fingerprint density at radius 1 is 1.36 bits per heavy atom. The molecule has 1 heterocycles. The summed E-state index contributed by atoms with van der Waals surface area (Å²) in [5.74, 6) is 0.649. The average Bonchev–Trinajstić information content (AvgIpc) is 2.56. The van der Waals surface area contributed by atoms with Crippen molar-refractivity contribution in [3.8, 4) is 0 Å². The molecule has 0 aromatic rings. The van der Waals surface area contributed by atoms with Crippen molar-refractivity contribution in [2.24, 2.45) is 5.92 Å². The summed E-state index contributed by atoms with van der Waals surface area (Å²) in [6, 6.07) is 0. The van der Waals surface area contributed by atoms with Crippen LogP contribution in [-0.4, -0.2) is 6.29 Å². The Morgan fingerprint density at radius 2 is 2.00 bits per heavy atom. The quantitative estimate of drug-likeness (QED) is 0.625. The van der Waals surface area contributed by atoms with E-state index in [0.29, 0.717) is 5.92 Å². The van der Waals surface area contributed by atoms with Crippen molar-refractivity contribution in [3.05, 3.63) is 24.2 Å². The highest BCUT2D eigenvalue weighted by Gasteiger charge is 2.15. The van der Waals surface area contributed by atoms with E-state index in [1.54, 1.807) is 12.5 Å². The van der Waals surface area contributed by atoms with E-state index in [-0.39, 0.29) is 6.29 Å². The summed E-state index contributed by atoms with van der Waals surface area (Å²) in [7, 11) is 0. The predicted molar refractivity (Wildman–Crippen MR) is 57.5 cm³/mol. The summed E-state index contributed by atoms with van der Waals surface area (Å²) in [6.07, 6.45) is 8.81. The molecule has 2 nitrogen and oxygen atoms in total. The van der Waals surface area contributed by atoms with E-state index in [2.05, 4.69) is 26.8 Å². The minimum atomic E-state index is -0.0447. The molecular weight excluding hydrogens is 176 g/mol. The molecule has 0 spiro atoms. The lowest BCUT2D eigenvalue weighted by Crippen LogP contribution is -2.12. The van der Waals surface area contributed by atoms with Crippen molar-refractivity contribution in [1.82, 2.24) is 0 Å². The number of ether oxygens (including phenoxy) is 2. The van der Waals surface area contributed by atoms with Gasteiger partial charge in [0.15, 0.2) is 0 Å². The molecule has 0 aliphatic carbocycles. The lowest BCUT2D eigenvalue weighted by molar-refractivity contribution is -0.0381. The van der Waals surface area contributed by atoms with Gasteiger partial charge in [-0.05, 0) is 32.6 Å². The van der Waals surface area contributed by atoms with Crippen molar-refractivity contribution in [1.29, 1.82) is 0 Å². The highest BCUT2D eigenvalue weighted by atomic mass is 16.7. The van der Waals surface area contributed by atoms with Crippen LogP contribution >= 0.6 is 0 Å². The first kappa shape index (κ1) is 11.2. The third-order valence-electron chi connectivity index (χ3n) is 2.32. The molecule has 1 aliphatic heterocycles. The number of rotatable bonds is 5. The minimum absolute atomic E-state index is 0.0447. The van der Waals surface area contributed by atoms with Crippen LogP contribution in [0.25, 0.3) is 0 Å². The third kappa shape index (κ3) is 4.35. The second-order valence-corrected chi connectivity index (χ2v) is 4.17. The van der Waals surface area contributed by atoms with Crippen molar-refractivity contribution in [2.45, 2.75) is 46.3 Å². The largest absolute Gasteiger partial charge is 0.459 e. The second-order valence-electron chi connectivity index (χ2n) is 4.17. The fraction of sp³-hybridized carbons (Fsp3) is 0.667. The highest BCUT2D eigenvalue weighted by molar-refractivity contribution is 4.92. The summed E-state index contributed by atoms with van der Waals surface area (Å²) in [6.45, 7) is 6.51. The van der Waals surface area contributed by atoms with Crippen molar-refractivity contribution < 1.29 is 9.47 Å². The molecule has 0 fully saturated rings. The Kier molecular flexibility index (Phi) is 4.57. The van der Waals surface area contributed by atoms with Gasteiger partial charge >= 0.3 is 0 Å². The Bertz CT molecular complexity index is 206. The van der Waals surface area contributed by atoms with Crippen LogP contribution in [0, 0.1) is 5.92 Å². The van der Waals surface area contributed by atoms with E-state index in [4.69, 9.17) is 9.47 Å². The maximum absolute atomic E-state index is 5.23. The summed E-state index contributed by atoms with van der Waals surface area (Å²) in [5, 5.41) is 0. The van der Waals surface area contributed by atoms with Gasteiger partial charge in [-0.15, -0.1) is 0 Å². The zero-order valence-corrected chi connectivity index (χ0v) is 9.32. The maximum Gasteiger partial charge on any atom is 0.239 e. The Morgan fingerprint density at radius 3 is 2.57 bits per heavy atom. The summed E-state index contributed by atoms with van der Waals surface area (Å²) in [4.78, 5) is 0. The van der Waals surface area contributed by atoms with E-state index >= 15 is 0 Å². The first-order chi connectivity index (χ1) is 6.68. The minimum Gasteiger partial charge on any atom is -0.459 e. The summed E-state index contributed by atoms with van der Waals surface area (Å²) >= 11 is 0. The van der Waals surface area contributed by atoms with Crippen LogP contribution < -0.4 is 0 Å². The number of hydrogen-bond donors (Lipinski definition) is 0. The van der Waals surface area contributed by atoms with Crippen LogP contribution in [0.2, 0.25) is 0 Å². The molecule has 1 rings (SSSR count). The average molecular weight is 196 g/mol. The van der Waals surface area contributed by atoms with Crippen LogP contribution in [0.3, 0.4) is 0 Å². The van der Waals surface area contributed by atoms with Gasteiger partial charge in [0.05, 0.1) is 0 Å². The van der Waals surface area contributed by atoms with Crippen molar-refractivity contribution in [3.63, 3.8) is 0 Å². The first-order valence-corrected chi connectivity index (χ1v) is 5.28. The van der Waals surface area contributed by atoms with Crippen LogP contribution in [0.5, 0.6) is 0 Å². The zero-order chi connectivity index (χ0) is 10.4. The molecule has 14 heavy (non-hydrogen) atoms. The normalized spacial score (nSPS) is 17.4. The van der Waals surface area contributed by atoms with Gasteiger partial charge in [-0.25, -0.2) is 0 Å². The molecule has 1 atom stereocenters. The second kappa shape index (κ2) is 5.74. The molecule has 0 N–H and O–H groups in total. The van der Waals surface area contributed by atoms with Gasteiger partial charge in [-0.1, -0.05) is 18.6 Å². The number of allylic oxidation sites excluding steroid dienone is 2. The van der Waals surface area contributed by atoms with Gasteiger partial charge < -0.3 is 9.47 Å². The molecular formula is C12H20O2. The van der Waals surface area contributed by atoms with Gasteiger partial charge in [0, 0.05) is 6.42 Å². The predicted octanol–water partition coefficient (Wildman–Crippen LogP) is 3.60. The van der Waals surface area contributed by atoms with Gasteiger partial charge in [0.1, 0.15) is 12.5 Å². The molecule has 1 aliphatic rings. The van der Waals surface area contributed by atoms with Gasteiger partial charge in [0.25, 0.3) is 0 Å². The van der Waals surface area contributed by atoms with E-state index in [1.165, 1.54) is 12.0 Å². The fourth-order valence-electron chi connectivity index (χ4n) is 1.49. The van der Waals surface area contributed by atoms with E-state index in [1.807, 2.05) is 0 Å². The Labute approximate surface area is 86.6 Å². The molecule has 0 amide bonds. The summed E-state index contributed by atoms with van der Waals surface area (Å²) in [5.41, 5.74) is 1.40. The fourth-order valence-corrected chi connectivity index (χ4v) is 1.49. The molecule has 0 unspecified atom stereocenters. The molecule has 0 aromatic heterocycles. The van der Waals surface area contributed by atoms with E-state index in [9.17, 15) is 0 Å². The van der Waals surface area contributed by atoms with Crippen LogP contribution in [0.15, 0.2) is 24.2 Å². The first-order valence-electron chi connectivity index (χ1n) is 5.28. The molecule has 0 aromatic carbocycles. The molecule has 0 radical (unpaired) electrons. The van der Waals surface area contributed by atoms with Crippen molar-refractivity contribution in [2.75, 3.05) is 0 Å². The topological polar surface area (TPSA) is 18.5 Å². The molecule has 2 heteroatoms. The van der Waals surface area contributed by atoms with Crippen molar-refractivity contribution >= 4 is 0 Å². The molecule has 0 bridgehead atoms. The lowest BCUT2D eigenvalue weighted by atomic mass is 10.0. The van der Waals surface area contributed by atoms with E-state index < -0.39 is 0 Å². The van der Waals surface area contributed by atoms with Gasteiger partial charge in [0.2, 0.25) is 6.29 Å². The maximum atomic E-state index is 5.23. The number of hydrogen-bond acceptors (Lipinski definition) is 2.